The molecule has 1 heterocycles. The van der Waals surface area contributed by atoms with Crippen LogP contribution in [0.2, 0.25) is 10.0 Å². The van der Waals surface area contributed by atoms with Crippen LogP contribution in [0.3, 0.4) is 0 Å². The molecule has 3 rings (SSSR count). The monoisotopic (exact) mass is 438 g/mol. The fraction of sp³-hybridized carbons (Fsp3) is 0.0526. The van der Waals surface area contributed by atoms with E-state index in [4.69, 9.17) is 39.8 Å². The SMILES string of the molecule is [CH2]c1cc(-c2ccc(Cl)cc2Cl)c(-c2ccc(Br)cc2)nc1CCl. The molecule has 121 valence electrons. The fourth-order valence-corrected chi connectivity index (χ4v) is 3.46. The third-order valence-corrected chi connectivity index (χ3v) is 4.99. The Hall–Kier alpha value is -1.06. The number of alkyl halides is 1. The predicted molar refractivity (Wildman–Crippen MR) is 107 cm³/mol. The Morgan fingerprint density at radius 3 is 2.29 bits per heavy atom. The lowest BCUT2D eigenvalue weighted by molar-refractivity contribution is 1.15. The first-order chi connectivity index (χ1) is 11.5. The lowest BCUT2D eigenvalue weighted by Gasteiger charge is -2.14. The molecule has 5 heteroatoms. The Morgan fingerprint density at radius 1 is 0.958 bits per heavy atom. The van der Waals surface area contributed by atoms with Crippen LogP contribution in [0.15, 0.2) is 53.0 Å². The average Bonchev–Trinajstić information content (AvgIpc) is 2.56. The molecule has 0 N–H and O–H groups in total. The van der Waals surface area contributed by atoms with E-state index in [0.717, 1.165) is 38.1 Å². The summed E-state index contributed by atoms with van der Waals surface area (Å²) in [5, 5.41) is 1.16. The molecule has 1 aromatic heterocycles. The highest BCUT2D eigenvalue weighted by atomic mass is 79.9. The van der Waals surface area contributed by atoms with Gasteiger partial charge in [0.25, 0.3) is 0 Å². The van der Waals surface area contributed by atoms with E-state index in [1.165, 1.54) is 0 Å². The maximum absolute atomic E-state index is 6.41. The first-order valence-corrected chi connectivity index (χ1v) is 9.21. The maximum atomic E-state index is 6.41. The zero-order valence-corrected chi connectivity index (χ0v) is 16.3. The molecule has 0 bridgehead atoms. The molecule has 24 heavy (non-hydrogen) atoms. The van der Waals surface area contributed by atoms with Crippen molar-refractivity contribution in [2.75, 3.05) is 0 Å². The van der Waals surface area contributed by atoms with Crippen LogP contribution in [0.25, 0.3) is 22.4 Å². The highest BCUT2D eigenvalue weighted by Crippen LogP contribution is 2.37. The molecule has 0 saturated carbocycles. The molecule has 0 aliphatic rings. The first kappa shape index (κ1) is 17.8. The standard InChI is InChI=1S/C19H12BrCl3N/c1-11-8-16(15-7-6-14(22)9-17(15)23)19(24-18(11)10-21)12-2-4-13(20)5-3-12/h2-9H,1,10H2. The molecule has 0 fully saturated rings. The van der Waals surface area contributed by atoms with Gasteiger partial charge in [-0.1, -0.05) is 57.3 Å². The molecule has 0 atom stereocenters. The van der Waals surface area contributed by atoms with Crippen LogP contribution in [0.4, 0.5) is 0 Å². The number of halogens is 4. The van der Waals surface area contributed by atoms with Gasteiger partial charge in [-0.25, -0.2) is 0 Å². The summed E-state index contributed by atoms with van der Waals surface area (Å²) in [7, 11) is 0. The normalized spacial score (nSPS) is 10.9. The summed E-state index contributed by atoms with van der Waals surface area (Å²) in [6.45, 7) is 4.05. The van der Waals surface area contributed by atoms with Gasteiger partial charge in [0.1, 0.15) is 0 Å². The van der Waals surface area contributed by atoms with Crippen molar-refractivity contribution in [1.82, 2.24) is 4.98 Å². The second kappa shape index (κ2) is 7.45. The summed E-state index contributed by atoms with van der Waals surface area (Å²) >= 11 is 21.9. The molecule has 0 aliphatic heterocycles. The largest absolute Gasteiger partial charge is 0.251 e. The topological polar surface area (TPSA) is 12.9 Å². The zero-order valence-electron chi connectivity index (χ0n) is 12.5. The van der Waals surface area contributed by atoms with Gasteiger partial charge in [0.05, 0.1) is 17.3 Å². The summed E-state index contributed by atoms with van der Waals surface area (Å²) in [6.07, 6.45) is 0. The van der Waals surface area contributed by atoms with E-state index in [1.54, 1.807) is 6.07 Å². The van der Waals surface area contributed by atoms with E-state index >= 15 is 0 Å². The van der Waals surface area contributed by atoms with Crippen LogP contribution >= 0.6 is 50.7 Å². The average molecular weight is 441 g/mol. The summed E-state index contributed by atoms with van der Waals surface area (Å²) in [6, 6.07) is 15.3. The van der Waals surface area contributed by atoms with Crippen molar-refractivity contribution >= 4 is 50.7 Å². The van der Waals surface area contributed by atoms with Crippen LogP contribution in [-0.2, 0) is 5.88 Å². The summed E-state index contributed by atoms with van der Waals surface area (Å²) in [5.74, 6) is 0.303. The lowest BCUT2D eigenvalue weighted by Crippen LogP contribution is -1.98. The van der Waals surface area contributed by atoms with Gasteiger partial charge in [-0.15, -0.1) is 11.6 Å². The van der Waals surface area contributed by atoms with Crippen molar-refractivity contribution in [2.24, 2.45) is 0 Å². The van der Waals surface area contributed by atoms with Gasteiger partial charge in [0, 0.05) is 31.2 Å². The quantitative estimate of drug-likeness (QED) is 0.387. The Bertz CT molecular complexity index is 892. The lowest BCUT2D eigenvalue weighted by atomic mass is 9.97. The first-order valence-electron chi connectivity index (χ1n) is 7.13. The highest BCUT2D eigenvalue weighted by Gasteiger charge is 2.15. The second-order valence-electron chi connectivity index (χ2n) is 5.26. The van der Waals surface area contributed by atoms with Gasteiger partial charge < -0.3 is 0 Å². The molecular weight excluding hydrogens is 428 g/mol. The van der Waals surface area contributed by atoms with Gasteiger partial charge >= 0.3 is 0 Å². The van der Waals surface area contributed by atoms with Crippen LogP contribution in [0, 0.1) is 6.92 Å². The number of nitrogens with zero attached hydrogens (tertiary/aromatic N) is 1. The molecular formula is C19H12BrCl3N. The summed E-state index contributed by atoms with van der Waals surface area (Å²) in [5.41, 5.74) is 5.09. The fourth-order valence-electron chi connectivity index (χ4n) is 2.45. The van der Waals surface area contributed by atoms with Crippen LogP contribution in [0.5, 0.6) is 0 Å². The Labute approximate surface area is 164 Å². The number of aromatic nitrogens is 1. The van der Waals surface area contributed by atoms with Crippen LogP contribution in [-0.4, -0.2) is 4.98 Å². The number of benzene rings is 2. The second-order valence-corrected chi connectivity index (χ2v) is 7.28. The molecule has 1 nitrogen and oxygen atoms in total. The van der Waals surface area contributed by atoms with Gasteiger partial charge in [-0.05, 0) is 42.8 Å². The Balaban J connectivity index is 2.27. The minimum atomic E-state index is 0.303. The van der Waals surface area contributed by atoms with Crippen molar-refractivity contribution in [3.05, 3.63) is 81.2 Å². The Kier molecular flexibility index (Phi) is 5.51. The molecule has 0 unspecified atom stereocenters. The van der Waals surface area contributed by atoms with Gasteiger partial charge in [0.15, 0.2) is 0 Å². The van der Waals surface area contributed by atoms with Crippen molar-refractivity contribution in [3.63, 3.8) is 0 Å². The maximum Gasteiger partial charge on any atom is 0.0784 e. The number of rotatable bonds is 3. The minimum Gasteiger partial charge on any atom is -0.251 e. The Morgan fingerprint density at radius 2 is 1.67 bits per heavy atom. The van der Waals surface area contributed by atoms with Crippen molar-refractivity contribution < 1.29 is 0 Å². The van der Waals surface area contributed by atoms with E-state index in [1.807, 2.05) is 42.5 Å². The third-order valence-electron chi connectivity index (χ3n) is 3.66. The van der Waals surface area contributed by atoms with Crippen LogP contribution < -0.4 is 0 Å². The predicted octanol–water partition coefficient (Wildman–Crippen LogP) is 7.41. The molecule has 0 aliphatic carbocycles. The van der Waals surface area contributed by atoms with E-state index < -0.39 is 0 Å². The minimum absolute atomic E-state index is 0.303. The molecule has 3 aromatic rings. The van der Waals surface area contributed by atoms with Gasteiger partial charge in [-0.2, -0.15) is 0 Å². The molecule has 1 radical (unpaired) electrons. The smallest absolute Gasteiger partial charge is 0.0784 e. The van der Waals surface area contributed by atoms with Gasteiger partial charge in [-0.3, -0.25) is 4.98 Å². The number of hydrogen-bond donors (Lipinski definition) is 0. The highest BCUT2D eigenvalue weighted by molar-refractivity contribution is 9.10. The summed E-state index contributed by atoms with van der Waals surface area (Å²) in [4.78, 5) is 4.73. The number of pyridine rings is 1. The van der Waals surface area contributed by atoms with E-state index in [9.17, 15) is 0 Å². The molecule has 2 aromatic carbocycles. The molecule has 0 spiro atoms. The van der Waals surface area contributed by atoms with Gasteiger partial charge in [0.2, 0.25) is 0 Å². The number of hydrogen-bond acceptors (Lipinski definition) is 1. The third kappa shape index (κ3) is 3.62. The van der Waals surface area contributed by atoms with Crippen molar-refractivity contribution in [1.29, 1.82) is 0 Å². The van der Waals surface area contributed by atoms with Crippen molar-refractivity contribution in [3.8, 4) is 22.4 Å². The summed E-state index contributed by atoms with van der Waals surface area (Å²) < 4.78 is 1.00. The van der Waals surface area contributed by atoms with E-state index in [-0.39, 0.29) is 0 Å². The zero-order chi connectivity index (χ0) is 17.3. The van der Waals surface area contributed by atoms with Crippen LogP contribution in [0.1, 0.15) is 11.3 Å². The van der Waals surface area contributed by atoms with E-state index in [0.29, 0.717) is 15.9 Å². The molecule has 0 amide bonds. The van der Waals surface area contributed by atoms with Crippen molar-refractivity contribution in [2.45, 2.75) is 5.88 Å². The molecule has 0 saturated heterocycles. The van der Waals surface area contributed by atoms with E-state index in [2.05, 4.69) is 22.9 Å².